The summed E-state index contributed by atoms with van der Waals surface area (Å²) in [5, 5.41) is 9.06. The zero-order valence-electron chi connectivity index (χ0n) is 23.5. The van der Waals surface area contributed by atoms with Crippen molar-refractivity contribution in [2.24, 2.45) is 0 Å². The normalized spacial score (nSPS) is 14.4. The maximum absolute atomic E-state index is 4.54. The van der Waals surface area contributed by atoms with Crippen LogP contribution in [-0.2, 0) is 5.41 Å². The molecule has 1 atom stereocenters. The van der Waals surface area contributed by atoms with Crippen LogP contribution in [0.15, 0.2) is 103 Å². The standard InChI is InChI=1S/C23H27N3.C11H16/c1-6-17(7-2)21-24-25-22(26(21)20-11-9-8-10-12-20)18-13-15-19(16-14-18)23(3,4)5;1-3-7-10(2)11-8-5-4-6-9-11/h6,8-17H,1,7H2,2-5H3;5,7-9H,3-4,6H2,1-2H3/b;10-7+. The molecule has 3 nitrogen and oxygen atoms in total. The highest BCUT2D eigenvalue weighted by molar-refractivity contribution is 5.60. The summed E-state index contributed by atoms with van der Waals surface area (Å²) in [7, 11) is 0. The molecular weight excluding hydrogens is 450 g/mol. The lowest BCUT2D eigenvalue weighted by Gasteiger charge is -2.19. The summed E-state index contributed by atoms with van der Waals surface area (Å²) in [4.78, 5) is 0. The number of rotatable bonds is 7. The van der Waals surface area contributed by atoms with Crippen LogP contribution in [0.3, 0.4) is 0 Å². The Bertz CT molecular complexity index is 1230. The van der Waals surface area contributed by atoms with E-state index >= 15 is 0 Å². The summed E-state index contributed by atoms with van der Waals surface area (Å²) in [6.45, 7) is 17.2. The molecule has 1 aliphatic carbocycles. The Morgan fingerprint density at radius 3 is 2.24 bits per heavy atom. The van der Waals surface area contributed by atoms with Gasteiger partial charge in [-0.2, -0.15) is 0 Å². The van der Waals surface area contributed by atoms with Crippen molar-refractivity contribution in [2.45, 2.75) is 78.6 Å². The molecule has 0 spiro atoms. The molecule has 37 heavy (non-hydrogen) atoms. The molecule has 0 aliphatic heterocycles. The Morgan fingerprint density at radius 2 is 1.70 bits per heavy atom. The number of para-hydroxylation sites is 1. The van der Waals surface area contributed by atoms with Crippen molar-refractivity contribution in [3.8, 4) is 17.1 Å². The molecule has 1 unspecified atom stereocenters. The Morgan fingerprint density at radius 1 is 1.00 bits per heavy atom. The lowest BCUT2D eigenvalue weighted by molar-refractivity contribution is 0.590. The predicted molar refractivity (Wildman–Crippen MR) is 159 cm³/mol. The molecule has 0 radical (unpaired) electrons. The maximum Gasteiger partial charge on any atom is 0.168 e. The fraction of sp³-hybridized carbons (Fsp3) is 0.353. The van der Waals surface area contributed by atoms with Crippen molar-refractivity contribution in [1.29, 1.82) is 0 Å². The van der Waals surface area contributed by atoms with E-state index < -0.39 is 0 Å². The number of nitrogens with zero attached hydrogens (tertiary/aromatic N) is 3. The average molecular weight is 494 g/mol. The lowest BCUT2D eigenvalue weighted by atomic mass is 9.86. The quantitative estimate of drug-likeness (QED) is 0.307. The van der Waals surface area contributed by atoms with Crippen LogP contribution in [0, 0.1) is 0 Å². The van der Waals surface area contributed by atoms with Crippen molar-refractivity contribution < 1.29 is 0 Å². The van der Waals surface area contributed by atoms with Gasteiger partial charge >= 0.3 is 0 Å². The van der Waals surface area contributed by atoms with Crippen LogP contribution in [0.2, 0.25) is 0 Å². The molecule has 1 aromatic heterocycles. The Kier molecular flexibility index (Phi) is 10.0. The molecule has 0 saturated heterocycles. The van der Waals surface area contributed by atoms with Crippen molar-refractivity contribution in [1.82, 2.24) is 14.8 Å². The smallest absolute Gasteiger partial charge is 0.168 e. The molecule has 3 heteroatoms. The first kappa shape index (κ1) is 28.1. The second-order valence-corrected chi connectivity index (χ2v) is 10.6. The van der Waals surface area contributed by atoms with Gasteiger partial charge in [-0.05, 0) is 66.9 Å². The summed E-state index contributed by atoms with van der Waals surface area (Å²) < 4.78 is 2.15. The highest BCUT2D eigenvalue weighted by Crippen LogP contribution is 2.30. The van der Waals surface area contributed by atoms with Gasteiger partial charge in [-0.3, -0.25) is 4.57 Å². The third kappa shape index (κ3) is 7.29. The van der Waals surface area contributed by atoms with Gasteiger partial charge in [-0.1, -0.05) is 107 Å². The van der Waals surface area contributed by atoms with Crippen molar-refractivity contribution >= 4 is 0 Å². The van der Waals surface area contributed by atoms with Crippen LogP contribution < -0.4 is 0 Å². The predicted octanol–water partition coefficient (Wildman–Crippen LogP) is 9.53. The minimum absolute atomic E-state index is 0.132. The average Bonchev–Trinajstić information content (AvgIpc) is 3.35. The van der Waals surface area contributed by atoms with Gasteiger partial charge in [0.2, 0.25) is 0 Å². The van der Waals surface area contributed by atoms with E-state index in [4.69, 9.17) is 0 Å². The number of benzene rings is 2. The fourth-order valence-electron chi connectivity index (χ4n) is 4.46. The number of hydrogen-bond acceptors (Lipinski definition) is 2. The van der Waals surface area contributed by atoms with Gasteiger partial charge in [0, 0.05) is 17.2 Å². The van der Waals surface area contributed by atoms with Gasteiger partial charge in [-0.15, -0.1) is 16.8 Å². The molecule has 2 aromatic carbocycles. The van der Waals surface area contributed by atoms with E-state index in [0.29, 0.717) is 0 Å². The van der Waals surface area contributed by atoms with Gasteiger partial charge < -0.3 is 0 Å². The van der Waals surface area contributed by atoms with Crippen LogP contribution in [0.5, 0.6) is 0 Å². The second kappa shape index (κ2) is 13.2. The summed E-state index contributed by atoms with van der Waals surface area (Å²) in [6.07, 6.45) is 15.5. The molecule has 4 rings (SSSR count). The van der Waals surface area contributed by atoms with E-state index in [1.54, 1.807) is 0 Å². The van der Waals surface area contributed by atoms with Gasteiger partial charge in [-0.25, -0.2) is 0 Å². The molecule has 0 amide bonds. The molecule has 1 aliphatic rings. The zero-order chi connectivity index (χ0) is 26.8. The molecule has 0 saturated carbocycles. The van der Waals surface area contributed by atoms with E-state index in [2.05, 4.69) is 124 Å². The van der Waals surface area contributed by atoms with Crippen molar-refractivity contribution in [3.63, 3.8) is 0 Å². The third-order valence-electron chi connectivity index (χ3n) is 6.73. The molecule has 3 aromatic rings. The van der Waals surface area contributed by atoms with E-state index in [-0.39, 0.29) is 11.3 Å². The minimum Gasteiger partial charge on any atom is -0.279 e. The summed E-state index contributed by atoms with van der Waals surface area (Å²) >= 11 is 0. The van der Waals surface area contributed by atoms with E-state index in [0.717, 1.165) is 35.7 Å². The Balaban J connectivity index is 0.000000289. The molecular formula is C34H43N3. The summed E-state index contributed by atoms with van der Waals surface area (Å²) in [5.74, 6) is 1.97. The first-order valence-corrected chi connectivity index (χ1v) is 13.6. The highest BCUT2D eigenvalue weighted by Gasteiger charge is 2.21. The van der Waals surface area contributed by atoms with Gasteiger partial charge in [0.1, 0.15) is 5.82 Å². The summed E-state index contributed by atoms with van der Waals surface area (Å²) in [6, 6.07) is 18.9. The van der Waals surface area contributed by atoms with Crippen LogP contribution in [0.1, 0.15) is 84.5 Å². The molecule has 0 N–H and O–H groups in total. The Hall–Kier alpha value is -3.46. The number of hydrogen-bond donors (Lipinski definition) is 0. The molecule has 0 fully saturated rings. The van der Waals surface area contributed by atoms with Gasteiger partial charge in [0.05, 0.1) is 0 Å². The minimum atomic E-state index is 0.132. The summed E-state index contributed by atoms with van der Waals surface area (Å²) in [5.41, 5.74) is 6.42. The van der Waals surface area contributed by atoms with E-state index in [9.17, 15) is 0 Å². The second-order valence-electron chi connectivity index (χ2n) is 10.6. The first-order chi connectivity index (χ1) is 17.8. The monoisotopic (exact) mass is 493 g/mol. The van der Waals surface area contributed by atoms with Crippen molar-refractivity contribution in [2.75, 3.05) is 0 Å². The lowest BCUT2D eigenvalue weighted by Crippen LogP contribution is -2.10. The van der Waals surface area contributed by atoms with E-state index in [1.165, 1.54) is 29.6 Å². The first-order valence-electron chi connectivity index (χ1n) is 13.6. The topological polar surface area (TPSA) is 30.7 Å². The van der Waals surface area contributed by atoms with Gasteiger partial charge in [0.25, 0.3) is 0 Å². The van der Waals surface area contributed by atoms with E-state index in [1.807, 2.05) is 24.3 Å². The van der Waals surface area contributed by atoms with Crippen LogP contribution in [0.25, 0.3) is 17.1 Å². The maximum atomic E-state index is 4.54. The molecule has 1 heterocycles. The number of aromatic nitrogens is 3. The van der Waals surface area contributed by atoms with Crippen LogP contribution >= 0.6 is 0 Å². The van der Waals surface area contributed by atoms with Crippen LogP contribution in [-0.4, -0.2) is 14.8 Å². The van der Waals surface area contributed by atoms with Crippen LogP contribution in [0.4, 0.5) is 0 Å². The van der Waals surface area contributed by atoms with Crippen molar-refractivity contribution in [3.05, 3.63) is 114 Å². The fourth-order valence-corrected chi connectivity index (χ4v) is 4.46. The molecule has 0 bridgehead atoms. The SMILES string of the molecule is C=CC(CC)c1nnc(-c2ccc(C(C)(C)C)cc2)n1-c1ccccc1.CC/C=C(\C)C1=CCCC=C1. The Labute approximate surface area is 224 Å². The van der Waals surface area contributed by atoms with Gasteiger partial charge in [0.15, 0.2) is 5.82 Å². The number of allylic oxidation sites excluding steroid dienone is 7. The third-order valence-corrected chi connectivity index (χ3v) is 6.73. The molecule has 194 valence electrons. The zero-order valence-corrected chi connectivity index (χ0v) is 23.5. The highest BCUT2D eigenvalue weighted by atomic mass is 15.3. The largest absolute Gasteiger partial charge is 0.279 e.